The summed E-state index contributed by atoms with van der Waals surface area (Å²) in [6.45, 7) is 5.97. The summed E-state index contributed by atoms with van der Waals surface area (Å²) in [4.78, 5) is 24.1. The minimum atomic E-state index is -0.767. The molecule has 1 aromatic heterocycles. The van der Waals surface area contributed by atoms with Gasteiger partial charge in [0, 0.05) is 40.1 Å². The molecule has 1 saturated carbocycles. The summed E-state index contributed by atoms with van der Waals surface area (Å²) in [6, 6.07) is 13.9. The normalized spacial score (nSPS) is 15.2. The molecule has 1 aliphatic carbocycles. The first kappa shape index (κ1) is 24.7. The van der Waals surface area contributed by atoms with Crippen molar-refractivity contribution in [1.29, 1.82) is 0 Å². The zero-order valence-electron chi connectivity index (χ0n) is 20.6. The Morgan fingerprint density at radius 1 is 1.23 bits per heavy atom. The van der Waals surface area contributed by atoms with Gasteiger partial charge >= 0.3 is 5.91 Å². The smallest absolute Gasteiger partial charge is 0.318 e. The summed E-state index contributed by atoms with van der Waals surface area (Å²) in [5.74, 6) is -0.330. The highest BCUT2D eigenvalue weighted by Crippen LogP contribution is 2.39. The minimum Gasteiger partial charge on any atom is -0.355 e. The average Bonchev–Trinajstić information content (AvgIpc) is 3.64. The molecular formula is C29H30ClN3O2. The summed E-state index contributed by atoms with van der Waals surface area (Å²) in [5.41, 5.74) is 6.89. The van der Waals surface area contributed by atoms with E-state index in [9.17, 15) is 9.70 Å². The van der Waals surface area contributed by atoms with E-state index in [0.717, 1.165) is 58.1 Å². The van der Waals surface area contributed by atoms with E-state index < -0.39 is 5.91 Å². The molecule has 3 aromatic rings. The predicted octanol–water partition coefficient (Wildman–Crippen LogP) is 8.17. The van der Waals surface area contributed by atoms with Crippen molar-refractivity contribution in [1.82, 2.24) is 4.57 Å². The van der Waals surface area contributed by atoms with E-state index in [0.29, 0.717) is 22.2 Å². The van der Waals surface area contributed by atoms with E-state index in [4.69, 9.17) is 11.6 Å². The summed E-state index contributed by atoms with van der Waals surface area (Å²) in [5, 5.41) is 7.99. The van der Waals surface area contributed by atoms with Crippen LogP contribution in [0.4, 0.5) is 5.69 Å². The van der Waals surface area contributed by atoms with Crippen LogP contribution >= 0.6 is 11.6 Å². The van der Waals surface area contributed by atoms with Crippen LogP contribution in [0.2, 0.25) is 5.02 Å². The summed E-state index contributed by atoms with van der Waals surface area (Å²) < 4.78 is 2.09. The lowest BCUT2D eigenvalue weighted by Gasteiger charge is -2.18. The molecule has 0 bridgehead atoms. The standard InChI is InChI=1S/C29H30ClN3O2/c1-5-18(3)27(26(29(34)32-35)16-19(6-2)20-10-11-20)31-24-15-22-12-13-33(4)28(22)25(17-24)21-8-7-9-23(30)14-21/h6-9,12-17,20,31H,5,10-11H2,1-4H3/b19-6+,26-16+,27-18-. The zero-order chi connectivity index (χ0) is 25.1. The molecule has 180 valence electrons. The Labute approximate surface area is 211 Å². The molecule has 1 fully saturated rings. The summed E-state index contributed by atoms with van der Waals surface area (Å²) in [6.07, 6.45) is 8.78. The molecule has 35 heavy (non-hydrogen) atoms. The number of nitroso groups, excluding NO2 is 1. The highest BCUT2D eigenvalue weighted by Gasteiger charge is 2.27. The number of aryl methyl sites for hydroxylation is 1. The first-order chi connectivity index (χ1) is 16.9. The Morgan fingerprint density at radius 2 is 2.00 bits per heavy atom. The number of aromatic nitrogens is 1. The maximum absolute atomic E-state index is 12.7. The minimum absolute atomic E-state index is 0.303. The monoisotopic (exact) mass is 487 g/mol. The maximum Gasteiger partial charge on any atom is 0.318 e. The molecule has 1 N–H and O–H groups in total. The molecule has 4 rings (SSSR count). The van der Waals surface area contributed by atoms with Crippen LogP contribution in [-0.2, 0) is 11.8 Å². The number of fused-ring (bicyclic) bond motifs is 1. The first-order valence-corrected chi connectivity index (χ1v) is 12.3. The molecule has 0 radical (unpaired) electrons. The van der Waals surface area contributed by atoms with Gasteiger partial charge in [0.15, 0.2) is 0 Å². The number of anilines is 1. The molecule has 1 amide bonds. The van der Waals surface area contributed by atoms with Crippen molar-refractivity contribution < 1.29 is 4.79 Å². The fraction of sp³-hybridized carbons (Fsp3) is 0.276. The number of benzene rings is 2. The molecule has 0 spiro atoms. The third kappa shape index (κ3) is 5.30. The fourth-order valence-electron chi connectivity index (χ4n) is 4.43. The number of nitrogens with one attached hydrogen (secondary N) is 1. The number of hydrogen-bond donors (Lipinski definition) is 1. The van der Waals surface area contributed by atoms with Gasteiger partial charge in [-0.25, -0.2) is 0 Å². The van der Waals surface area contributed by atoms with Crippen LogP contribution in [0.25, 0.3) is 22.0 Å². The Kier molecular flexibility index (Phi) is 7.37. The molecule has 0 atom stereocenters. The highest BCUT2D eigenvalue weighted by molar-refractivity contribution is 6.30. The van der Waals surface area contributed by atoms with Gasteiger partial charge in [-0.15, -0.1) is 4.91 Å². The van der Waals surface area contributed by atoms with Crippen molar-refractivity contribution in [2.45, 2.75) is 40.0 Å². The van der Waals surface area contributed by atoms with Crippen LogP contribution in [0, 0.1) is 10.8 Å². The van der Waals surface area contributed by atoms with Crippen LogP contribution in [-0.4, -0.2) is 10.5 Å². The van der Waals surface area contributed by atoms with Crippen molar-refractivity contribution in [3.05, 3.63) is 93.2 Å². The number of nitrogens with zero attached hydrogens (tertiary/aromatic N) is 2. The number of rotatable bonds is 8. The van der Waals surface area contributed by atoms with Crippen molar-refractivity contribution in [3.63, 3.8) is 0 Å². The second-order valence-corrected chi connectivity index (χ2v) is 9.49. The van der Waals surface area contributed by atoms with Crippen LogP contribution < -0.4 is 5.32 Å². The van der Waals surface area contributed by atoms with Gasteiger partial charge in [0.1, 0.15) is 0 Å². The van der Waals surface area contributed by atoms with E-state index in [2.05, 4.69) is 33.3 Å². The maximum atomic E-state index is 12.7. The number of hydrogen-bond acceptors (Lipinski definition) is 3. The van der Waals surface area contributed by atoms with Crippen LogP contribution in [0.1, 0.15) is 40.0 Å². The molecule has 6 heteroatoms. The molecule has 5 nitrogen and oxygen atoms in total. The van der Waals surface area contributed by atoms with Gasteiger partial charge in [0.05, 0.1) is 16.8 Å². The predicted molar refractivity (Wildman–Crippen MR) is 145 cm³/mol. The van der Waals surface area contributed by atoms with E-state index in [1.54, 1.807) is 0 Å². The van der Waals surface area contributed by atoms with Gasteiger partial charge in [0.2, 0.25) is 0 Å². The van der Waals surface area contributed by atoms with E-state index in [1.807, 2.05) is 70.4 Å². The molecule has 0 aliphatic heterocycles. The molecular weight excluding hydrogens is 458 g/mol. The largest absolute Gasteiger partial charge is 0.355 e. The van der Waals surface area contributed by atoms with E-state index >= 15 is 0 Å². The van der Waals surface area contributed by atoms with Crippen molar-refractivity contribution in [3.8, 4) is 11.1 Å². The lowest BCUT2D eigenvalue weighted by molar-refractivity contribution is -0.114. The second-order valence-electron chi connectivity index (χ2n) is 9.05. The zero-order valence-corrected chi connectivity index (χ0v) is 21.3. The Morgan fingerprint density at radius 3 is 2.63 bits per heavy atom. The molecule has 2 aromatic carbocycles. The Hall–Kier alpha value is -3.44. The molecule has 1 heterocycles. The van der Waals surface area contributed by atoms with Crippen LogP contribution in [0.5, 0.6) is 0 Å². The third-order valence-corrected chi connectivity index (χ3v) is 6.84. The number of carbonyl (C=O) groups excluding carboxylic acids is 1. The SMILES string of the molecule is C\C=C(/C=C(C(=O)N=O)\C(Nc1cc(-c2cccc(Cl)c2)c2c(ccn2C)c1)=C(/C)CC)C1CC1. The van der Waals surface area contributed by atoms with Gasteiger partial charge in [-0.3, -0.25) is 4.79 Å². The van der Waals surface area contributed by atoms with Gasteiger partial charge < -0.3 is 9.88 Å². The summed E-state index contributed by atoms with van der Waals surface area (Å²) >= 11 is 6.31. The van der Waals surface area contributed by atoms with Crippen molar-refractivity contribution >= 4 is 34.1 Å². The van der Waals surface area contributed by atoms with E-state index in [-0.39, 0.29) is 0 Å². The average molecular weight is 488 g/mol. The highest BCUT2D eigenvalue weighted by atomic mass is 35.5. The lowest BCUT2D eigenvalue weighted by Crippen LogP contribution is -2.12. The third-order valence-electron chi connectivity index (χ3n) is 6.61. The number of halogens is 1. The number of carbonyl (C=O) groups is 1. The topological polar surface area (TPSA) is 63.5 Å². The van der Waals surface area contributed by atoms with Crippen LogP contribution in [0.3, 0.4) is 0 Å². The molecule has 0 saturated heterocycles. The lowest BCUT2D eigenvalue weighted by atomic mass is 9.98. The summed E-state index contributed by atoms with van der Waals surface area (Å²) in [7, 11) is 2.02. The second kappa shape index (κ2) is 10.4. The Balaban J connectivity index is 1.86. The number of allylic oxidation sites excluding steroid dienone is 4. The quantitative estimate of drug-likeness (QED) is 0.198. The van der Waals surface area contributed by atoms with Crippen molar-refractivity contribution in [2.75, 3.05) is 5.32 Å². The number of amides is 1. The van der Waals surface area contributed by atoms with Gasteiger partial charge in [-0.05, 0) is 92.1 Å². The fourth-order valence-corrected chi connectivity index (χ4v) is 4.62. The van der Waals surface area contributed by atoms with E-state index in [1.165, 1.54) is 0 Å². The molecule has 0 unspecified atom stereocenters. The van der Waals surface area contributed by atoms with Crippen molar-refractivity contribution in [2.24, 2.45) is 18.1 Å². The van der Waals surface area contributed by atoms with Gasteiger partial charge in [-0.1, -0.05) is 36.7 Å². The van der Waals surface area contributed by atoms with Crippen LogP contribution in [0.15, 0.2) is 88.4 Å². The Bertz CT molecular complexity index is 1390. The first-order valence-electron chi connectivity index (χ1n) is 11.9. The van der Waals surface area contributed by atoms with Gasteiger partial charge in [-0.2, -0.15) is 0 Å². The van der Waals surface area contributed by atoms with Gasteiger partial charge in [0.25, 0.3) is 0 Å². The molecule has 1 aliphatic rings.